The molecule has 2 aromatic carbocycles. The fourth-order valence-electron chi connectivity index (χ4n) is 2.67. The van der Waals surface area contributed by atoms with E-state index in [1.54, 1.807) is 19.2 Å². The number of hydrogen-bond acceptors (Lipinski definition) is 3. The van der Waals surface area contributed by atoms with Crippen molar-refractivity contribution in [3.8, 4) is 0 Å². The second-order valence-corrected chi connectivity index (χ2v) is 5.94. The topological polar surface area (TPSA) is 70.2 Å². The molecule has 5 heteroatoms. The van der Waals surface area contributed by atoms with E-state index in [2.05, 4.69) is 35.0 Å². The van der Waals surface area contributed by atoms with Gasteiger partial charge in [-0.3, -0.25) is 9.59 Å². The van der Waals surface area contributed by atoms with Gasteiger partial charge in [-0.25, -0.2) is 0 Å². The van der Waals surface area contributed by atoms with Crippen molar-refractivity contribution in [2.75, 3.05) is 25.5 Å². The van der Waals surface area contributed by atoms with Gasteiger partial charge in [0, 0.05) is 24.8 Å². The summed E-state index contributed by atoms with van der Waals surface area (Å²) in [6, 6.07) is 13.6. The van der Waals surface area contributed by atoms with E-state index < -0.39 is 0 Å². The van der Waals surface area contributed by atoms with Gasteiger partial charge in [0.2, 0.25) is 5.91 Å². The summed E-state index contributed by atoms with van der Waals surface area (Å²) in [7, 11) is 1.60. The van der Waals surface area contributed by atoms with Gasteiger partial charge in [0.05, 0.1) is 6.54 Å². The average molecular weight is 339 g/mol. The Bertz CT molecular complexity index is 756. The highest BCUT2D eigenvalue weighted by Crippen LogP contribution is 2.18. The molecule has 2 amide bonds. The molecule has 0 aliphatic carbocycles. The van der Waals surface area contributed by atoms with E-state index in [-0.39, 0.29) is 18.4 Å². The quantitative estimate of drug-likeness (QED) is 0.726. The minimum atomic E-state index is -0.135. The third-order valence-electron chi connectivity index (χ3n) is 4.22. The molecule has 0 fully saturated rings. The average Bonchev–Trinajstić information content (AvgIpc) is 2.62. The molecule has 0 aliphatic heterocycles. The lowest BCUT2D eigenvalue weighted by atomic mass is 10.1. The molecule has 0 saturated heterocycles. The first-order chi connectivity index (χ1) is 12.0. The molecule has 5 nitrogen and oxygen atoms in total. The van der Waals surface area contributed by atoms with Crippen molar-refractivity contribution in [2.45, 2.75) is 20.3 Å². The molecule has 0 aromatic heterocycles. The zero-order chi connectivity index (χ0) is 18.2. The van der Waals surface area contributed by atoms with Gasteiger partial charge in [-0.1, -0.05) is 30.3 Å². The van der Waals surface area contributed by atoms with Gasteiger partial charge in [-0.2, -0.15) is 0 Å². The number of nitrogens with one attached hydrogen (secondary N) is 3. The predicted octanol–water partition coefficient (Wildman–Crippen LogP) is 2.43. The number of anilines is 1. The Morgan fingerprint density at radius 3 is 2.48 bits per heavy atom. The molecule has 0 heterocycles. The summed E-state index contributed by atoms with van der Waals surface area (Å²) in [4.78, 5) is 23.8. The van der Waals surface area contributed by atoms with Crippen molar-refractivity contribution in [1.82, 2.24) is 10.6 Å². The fourth-order valence-corrected chi connectivity index (χ4v) is 2.67. The molecule has 0 atom stereocenters. The van der Waals surface area contributed by atoms with E-state index in [1.165, 1.54) is 11.1 Å². The van der Waals surface area contributed by atoms with Gasteiger partial charge in [0.15, 0.2) is 0 Å². The largest absolute Gasteiger partial charge is 0.376 e. The highest BCUT2D eigenvalue weighted by atomic mass is 16.2. The first-order valence-electron chi connectivity index (χ1n) is 8.39. The molecular formula is C20H25N3O2. The lowest BCUT2D eigenvalue weighted by molar-refractivity contribution is -0.119. The summed E-state index contributed by atoms with van der Waals surface area (Å²) >= 11 is 0. The van der Waals surface area contributed by atoms with Crippen LogP contribution in [0, 0.1) is 13.8 Å². The minimum Gasteiger partial charge on any atom is -0.376 e. The standard InChI is InChI=1S/C20H25N3O2/c1-14-7-4-5-8-16(14)11-12-22-19(24)13-23-18-10-6-9-17(15(18)2)20(25)21-3/h4-10,23H,11-13H2,1-3H3,(H,21,25)(H,22,24). The van der Waals surface area contributed by atoms with E-state index in [4.69, 9.17) is 0 Å². The second-order valence-electron chi connectivity index (χ2n) is 5.94. The van der Waals surface area contributed by atoms with Crippen LogP contribution >= 0.6 is 0 Å². The SMILES string of the molecule is CNC(=O)c1cccc(NCC(=O)NCCc2ccccc2C)c1C. The van der Waals surface area contributed by atoms with Crippen LogP contribution in [0.25, 0.3) is 0 Å². The zero-order valence-corrected chi connectivity index (χ0v) is 15.0. The molecule has 2 aromatic rings. The summed E-state index contributed by atoms with van der Waals surface area (Å²) in [6.45, 7) is 4.71. The Kier molecular flexibility index (Phi) is 6.57. The van der Waals surface area contributed by atoms with Crippen LogP contribution in [-0.2, 0) is 11.2 Å². The number of benzene rings is 2. The Labute approximate surface area is 148 Å². The van der Waals surface area contributed by atoms with Gasteiger partial charge < -0.3 is 16.0 Å². The smallest absolute Gasteiger partial charge is 0.251 e. The number of hydrogen-bond donors (Lipinski definition) is 3. The van der Waals surface area contributed by atoms with Gasteiger partial charge in [0.1, 0.15) is 0 Å². The Morgan fingerprint density at radius 2 is 1.76 bits per heavy atom. The van der Waals surface area contributed by atoms with Crippen molar-refractivity contribution < 1.29 is 9.59 Å². The number of rotatable bonds is 7. The minimum absolute atomic E-state index is 0.0710. The van der Waals surface area contributed by atoms with Crippen LogP contribution in [0.4, 0.5) is 5.69 Å². The molecule has 0 radical (unpaired) electrons. The van der Waals surface area contributed by atoms with E-state index in [1.807, 2.05) is 25.1 Å². The lowest BCUT2D eigenvalue weighted by Crippen LogP contribution is -2.31. The second kappa shape index (κ2) is 8.87. The third kappa shape index (κ3) is 5.08. The van der Waals surface area contributed by atoms with Crippen molar-refractivity contribution in [1.29, 1.82) is 0 Å². The number of aryl methyl sites for hydroxylation is 1. The zero-order valence-electron chi connectivity index (χ0n) is 15.0. The normalized spacial score (nSPS) is 10.2. The maximum absolute atomic E-state index is 12.0. The maximum atomic E-state index is 12.0. The summed E-state index contributed by atoms with van der Waals surface area (Å²) in [5, 5.41) is 8.63. The number of carbonyl (C=O) groups excluding carboxylic acids is 2. The van der Waals surface area contributed by atoms with Gasteiger partial charge >= 0.3 is 0 Å². The monoisotopic (exact) mass is 339 g/mol. The Balaban J connectivity index is 1.84. The van der Waals surface area contributed by atoms with Crippen LogP contribution in [0.1, 0.15) is 27.0 Å². The van der Waals surface area contributed by atoms with Crippen LogP contribution in [0.3, 0.4) is 0 Å². The maximum Gasteiger partial charge on any atom is 0.251 e. The Hall–Kier alpha value is -2.82. The van der Waals surface area contributed by atoms with E-state index in [9.17, 15) is 9.59 Å². The van der Waals surface area contributed by atoms with Crippen LogP contribution in [0.2, 0.25) is 0 Å². The lowest BCUT2D eigenvalue weighted by Gasteiger charge is -2.13. The predicted molar refractivity (Wildman–Crippen MR) is 101 cm³/mol. The molecule has 3 N–H and O–H groups in total. The first-order valence-corrected chi connectivity index (χ1v) is 8.39. The molecule has 0 saturated carbocycles. The molecular weight excluding hydrogens is 314 g/mol. The van der Waals surface area contributed by atoms with Gasteiger partial charge in [0.25, 0.3) is 5.91 Å². The van der Waals surface area contributed by atoms with Crippen LogP contribution in [0.5, 0.6) is 0 Å². The number of amides is 2. The summed E-state index contributed by atoms with van der Waals surface area (Å²) in [6.07, 6.45) is 0.809. The van der Waals surface area contributed by atoms with E-state index in [0.717, 1.165) is 17.7 Å². The van der Waals surface area contributed by atoms with Crippen LogP contribution in [-0.4, -0.2) is 32.0 Å². The fraction of sp³-hybridized carbons (Fsp3) is 0.300. The first kappa shape index (κ1) is 18.5. The third-order valence-corrected chi connectivity index (χ3v) is 4.22. The summed E-state index contributed by atoms with van der Waals surface area (Å²) < 4.78 is 0. The molecule has 2 rings (SSSR count). The van der Waals surface area contributed by atoms with Crippen molar-refractivity contribution in [3.05, 3.63) is 64.7 Å². The molecule has 0 spiro atoms. The van der Waals surface area contributed by atoms with Crippen molar-refractivity contribution in [2.24, 2.45) is 0 Å². The van der Waals surface area contributed by atoms with Gasteiger partial charge in [-0.15, -0.1) is 0 Å². The van der Waals surface area contributed by atoms with E-state index >= 15 is 0 Å². The molecule has 132 valence electrons. The van der Waals surface area contributed by atoms with Crippen LogP contribution in [0.15, 0.2) is 42.5 Å². The van der Waals surface area contributed by atoms with Crippen molar-refractivity contribution in [3.63, 3.8) is 0 Å². The highest BCUT2D eigenvalue weighted by molar-refractivity contribution is 5.97. The summed E-state index contributed by atoms with van der Waals surface area (Å²) in [5.41, 5.74) is 4.69. The van der Waals surface area contributed by atoms with Crippen molar-refractivity contribution >= 4 is 17.5 Å². The molecule has 0 unspecified atom stereocenters. The van der Waals surface area contributed by atoms with Gasteiger partial charge in [-0.05, 0) is 49.1 Å². The Morgan fingerprint density at radius 1 is 1.00 bits per heavy atom. The molecule has 25 heavy (non-hydrogen) atoms. The highest BCUT2D eigenvalue weighted by Gasteiger charge is 2.10. The molecule has 0 aliphatic rings. The van der Waals surface area contributed by atoms with E-state index in [0.29, 0.717) is 12.1 Å². The number of carbonyl (C=O) groups is 2. The summed E-state index contributed by atoms with van der Waals surface area (Å²) in [5.74, 6) is -0.206. The molecule has 0 bridgehead atoms. The van der Waals surface area contributed by atoms with Crippen LogP contribution < -0.4 is 16.0 Å².